The van der Waals surface area contributed by atoms with Crippen LogP contribution in [0.3, 0.4) is 0 Å². The number of nitrogens with zero attached hydrogens (tertiary/aromatic N) is 4. The summed E-state index contributed by atoms with van der Waals surface area (Å²) in [7, 11) is 0. The zero-order valence-corrected chi connectivity index (χ0v) is 20.0. The monoisotopic (exact) mass is 470 g/mol. The van der Waals surface area contributed by atoms with Gasteiger partial charge in [0, 0.05) is 16.9 Å². The molecule has 34 heavy (non-hydrogen) atoms. The Morgan fingerprint density at radius 3 is 2.47 bits per heavy atom. The Morgan fingerprint density at radius 2 is 1.74 bits per heavy atom. The van der Waals surface area contributed by atoms with Crippen molar-refractivity contribution in [2.45, 2.75) is 26.7 Å². The number of aromatic nitrogens is 3. The topological polar surface area (TPSA) is 84.2 Å². The number of thiol groups is 1. The van der Waals surface area contributed by atoms with E-state index in [0.717, 1.165) is 35.3 Å². The maximum Gasteiger partial charge on any atom is 0.347 e. The van der Waals surface area contributed by atoms with Crippen LogP contribution in [0.25, 0.3) is 17.1 Å². The maximum atomic E-state index is 12.3. The minimum absolute atomic E-state index is 0.225. The van der Waals surface area contributed by atoms with E-state index < -0.39 is 6.03 Å². The minimum atomic E-state index is -0.514. The third-order valence-electron chi connectivity index (χ3n) is 5.18. The highest BCUT2D eigenvalue weighted by Gasteiger charge is 2.08. The molecule has 0 fully saturated rings. The first-order chi connectivity index (χ1) is 16.5. The molecule has 2 amide bonds. The first-order valence-corrected chi connectivity index (χ1v) is 11.5. The zero-order chi connectivity index (χ0) is 23.9. The highest BCUT2D eigenvalue weighted by atomic mass is 32.1. The number of rotatable bonds is 6. The Bertz CT molecular complexity index is 1300. The van der Waals surface area contributed by atoms with Crippen LogP contribution in [0.5, 0.6) is 0 Å². The van der Waals surface area contributed by atoms with Gasteiger partial charge in [-0.1, -0.05) is 49.2 Å². The first-order valence-electron chi connectivity index (χ1n) is 11.0. The van der Waals surface area contributed by atoms with E-state index in [4.69, 9.17) is 0 Å². The molecule has 172 valence electrons. The van der Waals surface area contributed by atoms with E-state index in [2.05, 4.69) is 45.3 Å². The number of amides is 2. The Kier molecular flexibility index (Phi) is 7.39. The first kappa shape index (κ1) is 23.3. The van der Waals surface area contributed by atoms with Crippen molar-refractivity contribution < 1.29 is 4.79 Å². The number of aliphatic imine (C=N–C) groups is 1. The molecule has 0 aliphatic heterocycles. The van der Waals surface area contributed by atoms with Gasteiger partial charge in [0.25, 0.3) is 0 Å². The van der Waals surface area contributed by atoms with Gasteiger partial charge in [-0.25, -0.2) is 14.5 Å². The van der Waals surface area contributed by atoms with Gasteiger partial charge in [-0.2, -0.15) is 4.99 Å². The Balaban J connectivity index is 1.39. The lowest BCUT2D eigenvalue weighted by Gasteiger charge is -2.10. The molecule has 0 unspecified atom stereocenters. The number of benzene rings is 3. The van der Waals surface area contributed by atoms with Crippen molar-refractivity contribution in [1.29, 1.82) is 0 Å². The van der Waals surface area contributed by atoms with Crippen LogP contribution in [0, 0.1) is 6.92 Å². The molecule has 0 bridgehead atoms. The second-order valence-electron chi connectivity index (χ2n) is 7.82. The van der Waals surface area contributed by atoms with Gasteiger partial charge < -0.3 is 10.6 Å². The van der Waals surface area contributed by atoms with Gasteiger partial charge >= 0.3 is 6.03 Å². The molecule has 0 spiro atoms. The van der Waals surface area contributed by atoms with Gasteiger partial charge in [-0.15, -0.1) is 17.7 Å². The molecule has 0 aliphatic rings. The zero-order valence-electron chi connectivity index (χ0n) is 19.1. The highest BCUT2D eigenvalue weighted by molar-refractivity contribution is 7.97. The second-order valence-corrected chi connectivity index (χ2v) is 8.25. The van der Waals surface area contributed by atoms with E-state index in [1.54, 1.807) is 23.1 Å². The fourth-order valence-corrected chi connectivity index (χ4v) is 3.66. The largest absolute Gasteiger partial charge is 0.347 e. The summed E-state index contributed by atoms with van der Waals surface area (Å²) in [4.78, 5) is 20.7. The molecule has 7 nitrogen and oxygen atoms in total. The molecule has 0 atom stereocenters. The number of para-hydroxylation sites is 1. The van der Waals surface area contributed by atoms with Gasteiger partial charge in [-0.3, -0.25) is 0 Å². The highest BCUT2D eigenvalue weighted by Crippen LogP contribution is 2.20. The van der Waals surface area contributed by atoms with Crippen molar-refractivity contribution >= 4 is 35.2 Å². The second kappa shape index (κ2) is 10.8. The molecule has 0 saturated heterocycles. The van der Waals surface area contributed by atoms with E-state index in [9.17, 15) is 4.79 Å². The van der Waals surface area contributed by atoms with E-state index in [1.807, 2.05) is 67.6 Å². The molecule has 2 N–H and O–H groups in total. The normalized spacial score (nSPS) is 11.3. The summed E-state index contributed by atoms with van der Waals surface area (Å²) in [5.41, 5.74) is 5.64. The lowest BCUT2D eigenvalue weighted by Crippen LogP contribution is -2.13. The molecular formula is C26H26N6OS. The molecule has 4 rings (SSSR count). The summed E-state index contributed by atoms with van der Waals surface area (Å²) in [5.74, 6) is 0.601. The van der Waals surface area contributed by atoms with Crippen LogP contribution in [-0.2, 0) is 6.42 Å². The van der Waals surface area contributed by atoms with Crippen molar-refractivity contribution in [2.75, 3.05) is 10.6 Å². The quantitative estimate of drug-likeness (QED) is 0.180. The molecule has 0 saturated carbocycles. The Labute approximate surface area is 204 Å². The van der Waals surface area contributed by atoms with Crippen LogP contribution in [0.15, 0.2) is 84.1 Å². The molecule has 3 aromatic carbocycles. The fraction of sp³-hybridized carbons (Fsp3) is 0.154. The third-order valence-corrected chi connectivity index (χ3v) is 5.39. The summed E-state index contributed by atoms with van der Waals surface area (Å²) in [6.07, 6.45) is 3.64. The Morgan fingerprint density at radius 1 is 1.00 bits per heavy atom. The molecule has 0 radical (unpaired) electrons. The van der Waals surface area contributed by atoms with Crippen LogP contribution in [0.4, 0.5) is 16.2 Å². The summed E-state index contributed by atoms with van der Waals surface area (Å²) >= 11 is 4.32. The third kappa shape index (κ3) is 5.90. The van der Waals surface area contributed by atoms with Gasteiger partial charge in [0.15, 0.2) is 11.0 Å². The minimum Gasteiger partial charge on any atom is -0.335 e. The van der Waals surface area contributed by atoms with E-state index in [1.165, 1.54) is 5.56 Å². The summed E-state index contributed by atoms with van der Waals surface area (Å²) in [6.45, 7) is 4.17. The van der Waals surface area contributed by atoms with Crippen molar-refractivity contribution in [1.82, 2.24) is 14.8 Å². The standard InChI is InChI=1S/C26H26N6OS/c1-3-6-19-7-4-5-8-23(19)29-26(34)30-25(33)28-21-13-11-20(12-14-21)24-27-17-32(31-24)22-15-9-18(2)10-16-22/h4-5,7-17H,3,6H2,1-2H3,(H3,28,29,30,33,34). The maximum absolute atomic E-state index is 12.3. The number of urea groups is 1. The molecular weight excluding hydrogens is 444 g/mol. The van der Waals surface area contributed by atoms with Gasteiger partial charge in [0.1, 0.15) is 6.33 Å². The summed E-state index contributed by atoms with van der Waals surface area (Å²) in [5, 5.41) is 10.6. The molecule has 4 aromatic rings. The van der Waals surface area contributed by atoms with Crippen LogP contribution in [0.1, 0.15) is 24.5 Å². The van der Waals surface area contributed by atoms with Crippen molar-refractivity contribution in [3.63, 3.8) is 0 Å². The number of carbonyl (C=O) groups excluding carboxylic acids is 1. The van der Waals surface area contributed by atoms with Crippen LogP contribution >= 0.6 is 12.6 Å². The van der Waals surface area contributed by atoms with Crippen molar-refractivity contribution in [3.8, 4) is 17.1 Å². The van der Waals surface area contributed by atoms with E-state index >= 15 is 0 Å². The predicted octanol–water partition coefficient (Wildman–Crippen LogP) is 6.13. The van der Waals surface area contributed by atoms with Crippen LogP contribution < -0.4 is 10.6 Å². The van der Waals surface area contributed by atoms with Gasteiger partial charge in [0.2, 0.25) is 0 Å². The number of carbonyl (C=O) groups is 1. The SMILES string of the molecule is CCCc1ccccc1N/C(S)=N/C(=O)Nc1ccc(-c2ncn(-c3ccc(C)cc3)n2)cc1. The van der Waals surface area contributed by atoms with E-state index in [0.29, 0.717) is 11.5 Å². The smallest absolute Gasteiger partial charge is 0.335 e. The number of anilines is 2. The molecule has 0 aliphatic carbocycles. The number of amidine groups is 1. The fourth-order valence-electron chi connectivity index (χ4n) is 3.45. The lowest BCUT2D eigenvalue weighted by molar-refractivity contribution is 0.259. The number of nitrogens with one attached hydrogen (secondary N) is 2. The lowest BCUT2D eigenvalue weighted by atomic mass is 10.1. The van der Waals surface area contributed by atoms with Gasteiger partial charge in [0.05, 0.1) is 5.69 Å². The van der Waals surface area contributed by atoms with Gasteiger partial charge in [-0.05, 0) is 61.4 Å². The molecule has 8 heteroatoms. The van der Waals surface area contributed by atoms with Crippen molar-refractivity contribution in [2.24, 2.45) is 4.99 Å². The Hall–Kier alpha value is -3.91. The van der Waals surface area contributed by atoms with Crippen molar-refractivity contribution in [3.05, 3.63) is 90.3 Å². The van der Waals surface area contributed by atoms with Crippen LogP contribution in [0.2, 0.25) is 0 Å². The average Bonchev–Trinajstić information content (AvgIpc) is 3.32. The van der Waals surface area contributed by atoms with E-state index in [-0.39, 0.29) is 5.17 Å². The summed E-state index contributed by atoms with van der Waals surface area (Å²) in [6, 6.07) is 22.8. The number of hydrogen-bond donors (Lipinski definition) is 3. The molecule has 1 heterocycles. The summed E-state index contributed by atoms with van der Waals surface area (Å²) < 4.78 is 1.74. The number of hydrogen-bond acceptors (Lipinski definition) is 3. The van der Waals surface area contributed by atoms with Crippen LogP contribution in [-0.4, -0.2) is 26.0 Å². The predicted molar refractivity (Wildman–Crippen MR) is 141 cm³/mol. The molecule has 1 aromatic heterocycles. The number of aryl methyl sites for hydroxylation is 2. The average molecular weight is 471 g/mol.